The number of hydrogen-bond donors (Lipinski definition) is 2. The summed E-state index contributed by atoms with van der Waals surface area (Å²) in [4.78, 5) is 11.4. The van der Waals surface area contributed by atoms with Crippen LogP contribution in [0.3, 0.4) is 0 Å². The van der Waals surface area contributed by atoms with E-state index in [1.54, 1.807) is 0 Å². The molecule has 5 heteroatoms. The van der Waals surface area contributed by atoms with Crippen LogP contribution in [0.15, 0.2) is 16.8 Å². The van der Waals surface area contributed by atoms with Crippen molar-refractivity contribution in [3.63, 3.8) is 0 Å². The number of ether oxygens (including phenoxy) is 1. The molecule has 0 bridgehead atoms. The summed E-state index contributed by atoms with van der Waals surface area (Å²) in [7, 11) is 0. The zero-order valence-corrected chi connectivity index (χ0v) is 10.4. The number of carbonyl (C=O) groups is 1. The minimum atomic E-state index is -0.631. The minimum absolute atomic E-state index is 0.0901. The summed E-state index contributed by atoms with van der Waals surface area (Å²) in [6, 6.07) is 1.85. The van der Waals surface area contributed by atoms with Crippen LogP contribution in [0.1, 0.15) is 24.5 Å². The lowest BCUT2D eigenvalue weighted by molar-refractivity contribution is -0.126. The summed E-state index contributed by atoms with van der Waals surface area (Å²) >= 11 is 1.53. The van der Waals surface area contributed by atoms with Gasteiger partial charge >= 0.3 is 0 Å². The highest BCUT2D eigenvalue weighted by atomic mass is 32.1. The van der Waals surface area contributed by atoms with E-state index in [1.807, 2.05) is 16.8 Å². The highest BCUT2D eigenvalue weighted by Gasteiger charge is 2.21. The third-order valence-electron chi connectivity index (χ3n) is 2.70. The van der Waals surface area contributed by atoms with Gasteiger partial charge in [0.1, 0.15) is 6.61 Å². The van der Waals surface area contributed by atoms with E-state index < -0.39 is 6.10 Å². The van der Waals surface area contributed by atoms with Crippen molar-refractivity contribution in [2.75, 3.05) is 19.8 Å². The van der Waals surface area contributed by atoms with Crippen molar-refractivity contribution < 1.29 is 14.6 Å². The van der Waals surface area contributed by atoms with E-state index in [2.05, 4.69) is 5.32 Å². The van der Waals surface area contributed by atoms with Crippen molar-refractivity contribution in [3.8, 4) is 0 Å². The summed E-state index contributed by atoms with van der Waals surface area (Å²) in [6.07, 6.45) is 1.81. The van der Waals surface area contributed by atoms with Gasteiger partial charge in [0.25, 0.3) is 0 Å². The second-order valence-electron chi connectivity index (χ2n) is 4.34. The van der Waals surface area contributed by atoms with Gasteiger partial charge < -0.3 is 15.2 Å². The second kappa shape index (κ2) is 6.14. The maximum Gasteiger partial charge on any atom is 0.246 e. The van der Waals surface area contributed by atoms with Gasteiger partial charge in [0.05, 0.1) is 12.7 Å². The lowest BCUT2D eigenvalue weighted by atomic mass is 10.2. The summed E-state index contributed by atoms with van der Waals surface area (Å²) in [5.41, 5.74) is 0.842. The number of rotatable bonds is 7. The van der Waals surface area contributed by atoms with Crippen LogP contribution in [0.5, 0.6) is 0 Å². The number of aliphatic hydroxyl groups is 1. The molecule has 1 aliphatic rings. The Morgan fingerprint density at radius 2 is 2.47 bits per heavy atom. The van der Waals surface area contributed by atoms with Crippen molar-refractivity contribution in [2.24, 2.45) is 5.92 Å². The molecule has 2 N–H and O–H groups in total. The first-order valence-corrected chi connectivity index (χ1v) is 6.74. The third-order valence-corrected chi connectivity index (χ3v) is 3.41. The Bertz CT molecular complexity index is 349. The first kappa shape index (κ1) is 12.5. The topological polar surface area (TPSA) is 58.6 Å². The minimum Gasteiger partial charge on any atom is -0.387 e. The smallest absolute Gasteiger partial charge is 0.246 e. The molecule has 0 saturated heterocycles. The van der Waals surface area contributed by atoms with E-state index in [4.69, 9.17) is 4.74 Å². The van der Waals surface area contributed by atoms with Crippen LogP contribution in [0.25, 0.3) is 0 Å². The Labute approximate surface area is 105 Å². The van der Waals surface area contributed by atoms with Gasteiger partial charge in [-0.2, -0.15) is 11.3 Å². The van der Waals surface area contributed by atoms with Gasteiger partial charge in [0.15, 0.2) is 0 Å². The molecule has 1 aromatic heterocycles. The SMILES string of the molecule is O=C(COCC1CC1)NCC(O)c1ccsc1. The maximum absolute atomic E-state index is 11.4. The van der Waals surface area contributed by atoms with Crippen LogP contribution in [0.4, 0.5) is 0 Å². The fourth-order valence-corrected chi connectivity index (χ4v) is 2.15. The molecule has 4 nitrogen and oxygen atoms in total. The van der Waals surface area contributed by atoms with Gasteiger partial charge in [-0.15, -0.1) is 0 Å². The van der Waals surface area contributed by atoms with Crippen LogP contribution in [-0.2, 0) is 9.53 Å². The molecule has 0 radical (unpaired) electrons. The molecule has 1 atom stereocenters. The van der Waals surface area contributed by atoms with Crippen molar-refractivity contribution >= 4 is 17.2 Å². The number of aliphatic hydroxyl groups excluding tert-OH is 1. The van der Waals surface area contributed by atoms with Crippen LogP contribution in [-0.4, -0.2) is 30.8 Å². The highest BCUT2D eigenvalue weighted by molar-refractivity contribution is 7.07. The lowest BCUT2D eigenvalue weighted by Gasteiger charge is -2.10. The van der Waals surface area contributed by atoms with Gasteiger partial charge in [0.2, 0.25) is 5.91 Å². The van der Waals surface area contributed by atoms with Gasteiger partial charge in [-0.1, -0.05) is 0 Å². The molecule has 17 heavy (non-hydrogen) atoms. The zero-order valence-electron chi connectivity index (χ0n) is 9.59. The van der Waals surface area contributed by atoms with E-state index in [0.717, 1.165) is 5.56 Å². The molecule has 2 rings (SSSR count). The Balaban J connectivity index is 1.58. The van der Waals surface area contributed by atoms with E-state index >= 15 is 0 Å². The molecule has 1 saturated carbocycles. The molecule has 1 amide bonds. The van der Waals surface area contributed by atoms with Gasteiger partial charge in [0, 0.05) is 6.54 Å². The fourth-order valence-electron chi connectivity index (χ4n) is 1.45. The Kier molecular flexibility index (Phi) is 4.53. The first-order chi connectivity index (χ1) is 8.25. The standard InChI is InChI=1S/C12H17NO3S/c14-11(10-3-4-17-8-10)5-13-12(15)7-16-6-9-1-2-9/h3-4,8-9,11,14H,1-2,5-7H2,(H,13,15). The normalized spacial score (nSPS) is 16.8. The molecule has 0 aliphatic heterocycles. The number of carbonyl (C=O) groups excluding carboxylic acids is 1. The first-order valence-electron chi connectivity index (χ1n) is 5.80. The van der Waals surface area contributed by atoms with Crippen molar-refractivity contribution in [1.82, 2.24) is 5.32 Å². The number of amides is 1. The quantitative estimate of drug-likeness (QED) is 0.772. The molecular formula is C12H17NO3S. The predicted molar refractivity (Wildman–Crippen MR) is 65.8 cm³/mol. The van der Waals surface area contributed by atoms with Crippen LogP contribution >= 0.6 is 11.3 Å². The summed E-state index contributed by atoms with van der Waals surface area (Å²) < 4.78 is 5.25. The van der Waals surface area contributed by atoms with Crippen LogP contribution < -0.4 is 5.32 Å². The number of thiophene rings is 1. The predicted octanol–water partition coefficient (Wildman–Crippen LogP) is 1.32. The molecule has 1 unspecified atom stereocenters. The third kappa shape index (κ3) is 4.46. The maximum atomic E-state index is 11.4. The molecule has 1 aliphatic carbocycles. The highest BCUT2D eigenvalue weighted by Crippen LogP contribution is 2.28. The molecule has 1 fully saturated rings. The lowest BCUT2D eigenvalue weighted by Crippen LogP contribution is -2.31. The van der Waals surface area contributed by atoms with Crippen LogP contribution in [0, 0.1) is 5.92 Å². The van der Waals surface area contributed by atoms with E-state index in [9.17, 15) is 9.90 Å². The number of hydrogen-bond acceptors (Lipinski definition) is 4. The molecule has 94 valence electrons. The number of nitrogens with one attached hydrogen (secondary N) is 1. The summed E-state index contributed by atoms with van der Waals surface area (Å²) in [6.45, 7) is 1.01. The van der Waals surface area contributed by atoms with Crippen molar-refractivity contribution in [3.05, 3.63) is 22.4 Å². The van der Waals surface area contributed by atoms with Gasteiger partial charge in [-0.05, 0) is 41.1 Å². The molecule has 1 aromatic rings. The summed E-state index contributed by atoms with van der Waals surface area (Å²) in [5.74, 6) is 0.499. The molecule has 0 aromatic carbocycles. The van der Waals surface area contributed by atoms with Crippen molar-refractivity contribution in [2.45, 2.75) is 18.9 Å². The second-order valence-corrected chi connectivity index (χ2v) is 5.12. The largest absolute Gasteiger partial charge is 0.387 e. The van der Waals surface area contributed by atoms with Gasteiger partial charge in [-0.3, -0.25) is 4.79 Å². The summed E-state index contributed by atoms with van der Waals surface area (Å²) in [5, 5.41) is 16.2. The van der Waals surface area contributed by atoms with Crippen molar-refractivity contribution in [1.29, 1.82) is 0 Å². The fraction of sp³-hybridized carbons (Fsp3) is 0.583. The monoisotopic (exact) mass is 255 g/mol. The molecule has 1 heterocycles. The molecular weight excluding hydrogens is 238 g/mol. The van der Waals surface area contributed by atoms with Gasteiger partial charge in [-0.25, -0.2) is 0 Å². The van der Waals surface area contributed by atoms with Crippen LogP contribution in [0.2, 0.25) is 0 Å². The van der Waals surface area contributed by atoms with E-state index in [0.29, 0.717) is 12.5 Å². The van der Waals surface area contributed by atoms with E-state index in [1.165, 1.54) is 24.2 Å². The molecule has 0 spiro atoms. The average Bonchev–Trinajstić information content (AvgIpc) is 2.97. The Morgan fingerprint density at radius 1 is 1.65 bits per heavy atom. The Morgan fingerprint density at radius 3 is 3.12 bits per heavy atom. The van der Waals surface area contributed by atoms with E-state index in [-0.39, 0.29) is 19.1 Å². The Hall–Kier alpha value is -0.910. The zero-order chi connectivity index (χ0) is 12.1. The average molecular weight is 255 g/mol.